The summed E-state index contributed by atoms with van der Waals surface area (Å²) < 4.78 is 0. The van der Waals surface area contributed by atoms with Crippen LogP contribution < -0.4 is 16.4 Å². The van der Waals surface area contributed by atoms with Crippen molar-refractivity contribution in [1.82, 2.24) is 10.6 Å². The summed E-state index contributed by atoms with van der Waals surface area (Å²) in [6.45, 7) is 2.34. The Labute approximate surface area is 119 Å². The van der Waals surface area contributed by atoms with E-state index >= 15 is 0 Å². The van der Waals surface area contributed by atoms with Crippen molar-refractivity contribution in [1.29, 1.82) is 0 Å². The van der Waals surface area contributed by atoms with Crippen LogP contribution in [0, 0.1) is 0 Å². The van der Waals surface area contributed by atoms with Crippen LogP contribution in [0.4, 0.5) is 5.69 Å². The van der Waals surface area contributed by atoms with Crippen molar-refractivity contribution in [3.63, 3.8) is 0 Å². The fourth-order valence-corrected chi connectivity index (χ4v) is 1.54. The molecule has 1 aromatic rings. The molecule has 0 atom stereocenters. The van der Waals surface area contributed by atoms with Crippen LogP contribution in [-0.2, 0) is 16.0 Å². The fourth-order valence-electron chi connectivity index (χ4n) is 1.54. The summed E-state index contributed by atoms with van der Waals surface area (Å²) in [4.78, 5) is 22.1. The van der Waals surface area contributed by atoms with E-state index in [2.05, 4.69) is 10.6 Å². The van der Waals surface area contributed by atoms with Crippen LogP contribution in [0.2, 0.25) is 0 Å². The Balaban J connectivity index is 0.00000324. The SMILES string of the molecule is CC(=O)NCCNC(=O)CCc1ccccc1N.Cl. The minimum Gasteiger partial charge on any atom is -0.399 e. The standard InChI is InChI=1S/C13H19N3O2.ClH/c1-10(17)15-8-9-16-13(18)7-6-11-4-2-3-5-12(11)14;/h2-5H,6-9,14H2,1H3,(H,15,17)(H,16,18);1H. The van der Waals surface area contributed by atoms with Crippen molar-refractivity contribution in [3.8, 4) is 0 Å². The van der Waals surface area contributed by atoms with E-state index in [0.717, 1.165) is 5.56 Å². The van der Waals surface area contributed by atoms with Gasteiger partial charge in [0.1, 0.15) is 0 Å². The van der Waals surface area contributed by atoms with E-state index in [9.17, 15) is 9.59 Å². The van der Waals surface area contributed by atoms with Crippen molar-refractivity contribution < 1.29 is 9.59 Å². The van der Waals surface area contributed by atoms with Gasteiger partial charge in [0.2, 0.25) is 11.8 Å². The molecule has 0 unspecified atom stereocenters. The highest BCUT2D eigenvalue weighted by molar-refractivity contribution is 5.85. The van der Waals surface area contributed by atoms with E-state index in [0.29, 0.717) is 31.6 Å². The molecular weight excluding hydrogens is 266 g/mol. The number of carbonyl (C=O) groups is 2. The number of hydrogen-bond acceptors (Lipinski definition) is 3. The van der Waals surface area contributed by atoms with Crippen molar-refractivity contribution >= 4 is 29.9 Å². The van der Waals surface area contributed by atoms with E-state index in [1.165, 1.54) is 6.92 Å². The van der Waals surface area contributed by atoms with Gasteiger partial charge in [0, 0.05) is 32.1 Å². The highest BCUT2D eigenvalue weighted by atomic mass is 35.5. The zero-order chi connectivity index (χ0) is 13.4. The van der Waals surface area contributed by atoms with Gasteiger partial charge in [-0.2, -0.15) is 0 Å². The Kier molecular flexibility index (Phi) is 8.37. The lowest BCUT2D eigenvalue weighted by atomic mass is 10.1. The summed E-state index contributed by atoms with van der Waals surface area (Å²) in [5, 5.41) is 5.34. The van der Waals surface area contributed by atoms with Gasteiger partial charge in [-0.1, -0.05) is 18.2 Å². The summed E-state index contributed by atoms with van der Waals surface area (Å²) >= 11 is 0. The molecule has 0 saturated heterocycles. The number of nitrogen functional groups attached to an aromatic ring is 1. The van der Waals surface area contributed by atoms with Gasteiger partial charge < -0.3 is 16.4 Å². The highest BCUT2D eigenvalue weighted by Crippen LogP contribution is 2.12. The molecule has 0 aliphatic carbocycles. The predicted molar refractivity (Wildman–Crippen MR) is 78.1 cm³/mol. The van der Waals surface area contributed by atoms with Crippen LogP contribution in [0.5, 0.6) is 0 Å². The van der Waals surface area contributed by atoms with Gasteiger partial charge in [-0.3, -0.25) is 9.59 Å². The number of para-hydroxylation sites is 1. The Morgan fingerprint density at radius 3 is 2.42 bits per heavy atom. The topological polar surface area (TPSA) is 84.2 Å². The van der Waals surface area contributed by atoms with E-state index in [4.69, 9.17) is 5.73 Å². The number of halogens is 1. The average molecular weight is 286 g/mol. The van der Waals surface area contributed by atoms with E-state index < -0.39 is 0 Å². The zero-order valence-electron chi connectivity index (χ0n) is 10.9. The number of amides is 2. The van der Waals surface area contributed by atoms with Crippen molar-refractivity contribution in [2.75, 3.05) is 18.8 Å². The summed E-state index contributed by atoms with van der Waals surface area (Å²) in [5.74, 6) is -0.134. The molecule has 1 rings (SSSR count). The zero-order valence-corrected chi connectivity index (χ0v) is 11.8. The Hall–Kier alpha value is -1.75. The van der Waals surface area contributed by atoms with Gasteiger partial charge in [0.15, 0.2) is 0 Å². The molecule has 4 N–H and O–H groups in total. The first-order chi connectivity index (χ1) is 8.59. The molecule has 0 bridgehead atoms. The van der Waals surface area contributed by atoms with Gasteiger partial charge >= 0.3 is 0 Å². The minimum absolute atomic E-state index is 0. The van der Waals surface area contributed by atoms with Gasteiger partial charge in [0.05, 0.1) is 0 Å². The van der Waals surface area contributed by atoms with Crippen molar-refractivity contribution in [2.45, 2.75) is 19.8 Å². The molecule has 0 aliphatic rings. The summed E-state index contributed by atoms with van der Waals surface area (Å²) in [6, 6.07) is 7.51. The number of nitrogens with one attached hydrogen (secondary N) is 2. The number of nitrogens with two attached hydrogens (primary N) is 1. The third kappa shape index (κ3) is 7.31. The lowest BCUT2D eigenvalue weighted by Gasteiger charge is -2.07. The quantitative estimate of drug-likeness (QED) is 0.536. The minimum atomic E-state index is -0.0960. The van der Waals surface area contributed by atoms with Gasteiger partial charge in [-0.05, 0) is 18.1 Å². The molecule has 0 heterocycles. The van der Waals surface area contributed by atoms with Crippen molar-refractivity contribution in [3.05, 3.63) is 29.8 Å². The van der Waals surface area contributed by atoms with E-state index in [-0.39, 0.29) is 24.2 Å². The van der Waals surface area contributed by atoms with Crippen LogP contribution >= 0.6 is 12.4 Å². The molecule has 0 fully saturated rings. The number of aryl methyl sites for hydroxylation is 1. The number of carbonyl (C=O) groups excluding carboxylic acids is 2. The van der Waals surface area contributed by atoms with Crippen LogP contribution in [0.1, 0.15) is 18.9 Å². The fraction of sp³-hybridized carbons (Fsp3) is 0.385. The molecule has 1 aromatic carbocycles. The van der Waals surface area contributed by atoms with E-state index in [1.54, 1.807) is 0 Å². The third-order valence-corrected chi connectivity index (χ3v) is 2.50. The first-order valence-corrected chi connectivity index (χ1v) is 5.94. The van der Waals surface area contributed by atoms with Gasteiger partial charge in [-0.15, -0.1) is 12.4 Å². The molecule has 0 radical (unpaired) electrons. The lowest BCUT2D eigenvalue weighted by Crippen LogP contribution is -2.33. The summed E-state index contributed by atoms with van der Waals surface area (Å²) in [6.07, 6.45) is 1.02. The summed E-state index contributed by atoms with van der Waals surface area (Å²) in [7, 11) is 0. The molecule has 0 aliphatic heterocycles. The third-order valence-electron chi connectivity index (χ3n) is 2.50. The van der Waals surface area contributed by atoms with Gasteiger partial charge in [0.25, 0.3) is 0 Å². The first kappa shape index (κ1) is 17.2. The van der Waals surface area contributed by atoms with E-state index in [1.807, 2.05) is 24.3 Å². The maximum atomic E-state index is 11.5. The maximum Gasteiger partial charge on any atom is 0.220 e. The molecular formula is C13H20ClN3O2. The van der Waals surface area contributed by atoms with Crippen molar-refractivity contribution in [2.24, 2.45) is 0 Å². The Morgan fingerprint density at radius 1 is 1.16 bits per heavy atom. The second kappa shape index (κ2) is 9.22. The van der Waals surface area contributed by atoms with Gasteiger partial charge in [-0.25, -0.2) is 0 Å². The first-order valence-electron chi connectivity index (χ1n) is 5.94. The number of rotatable bonds is 6. The lowest BCUT2D eigenvalue weighted by molar-refractivity contribution is -0.122. The van der Waals surface area contributed by atoms with Crippen LogP contribution in [0.15, 0.2) is 24.3 Å². The highest BCUT2D eigenvalue weighted by Gasteiger charge is 2.03. The Morgan fingerprint density at radius 2 is 1.79 bits per heavy atom. The molecule has 106 valence electrons. The molecule has 0 aromatic heterocycles. The predicted octanol–water partition coefficient (Wildman–Crippen LogP) is 0.875. The second-order valence-electron chi connectivity index (χ2n) is 4.03. The largest absolute Gasteiger partial charge is 0.399 e. The second-order valence-corrected chi connectivity index (χ2v) is 4.03. The molecule has 5 nitrogen and oxygen atoms in total. The number of anilines is 1. The number of benzene rings is 1. The van der Waals surface area contributed by atoms with Crippen LogP contribution in [0.25, 0.3) is 0 Å². The monoisotopic (exact) mass is 285 g/mol. The normalized spacial score (nSPS) is 9.32. The smallest absolute Gasteiger partial charge is 0.220 e. The molecule has 0 saturated carbocycles. The van der Waals surface area contributed by atoms with Crippen LogP contribution in [0.3, 0.4) is 0 Å². The molecule has 6 heteroatoms. The Bertz CT molecular complexity index is 424. The molecule has 19 heavy (non-hydrogen) atoms. The average Bonchev–Trinajstić information content (AvgIpc) is 2.33. The van der Waals surface area contributed by atoms with Crippen LogP contribution in [-0.4, -0.2) is 24.9 Å². The molecule has 0 spiro atoms. The molecule has 2 amide bonds. The number of hydrogen-bond donors (Lipinski definition) is 3. The summed E-state index contributed by atoms with van der Waals surface area (Å²) in [5.41, 5.74) is 7.48. The maximum absolute atomic E-state index is 11.5.